The van der Waals surface area contributed by atoms with Crippen molar-refractivity contribution in [1.29, 1.82) is 0 Å². The van der Waals surface area contributed by atoms with Crippen LogP contribution in [-0.4, -0.2) is 16.7 Å². The van der Waals surface area contributed by atoms with Crippen LogP contribution in [0.3, 0.4) is 0 Å². The molecule has 2 rings (SSSR count). The maximum atomic E-state index is 13.3. The van der Waals surface area contributed by atoms with Gasteiger partial charge in [-0.3, -0.25) is 19.7 Å². The van der Waals surface area contributed by atoms with E-state index >= 15 is 0 Å². The van der Waals surface area contributed by atoms with Crippen LogP contribution in [-0.2, 0) is 9.59 Å². The van der Waals surface area contributed by atoms with E-state index in [9.17, 15) is 24.1 Å². The van der Waals surface area contributed by atoms with Gasteiger partial charge >= 0.3 is 17.5 Å². The van der Waals surface area contributed by atoms with Gasteiger partial charge in [0.1, 0.15) is 10.7 Å². The number of nitrogens with zero attached hydrogens (tertiary/aromatic N) is 2. The lowest BCUT2D eigenvalue weighted by Gasteiger charge is -2.16. The number of nitrogens with one attached hydrogen (secondary N) is 1. The first-order chi connectivity index (χ1) is 7.91. The molecule has 1 aromatic carbocycles. The highest BCUT2D eigenvalue weighted by Gasteiger charge is 2.33. The maximum Gasteiger partial charge on any atom is 0.335 e. The summed E-state index contributed by atoms with van der Waals surface area (Å²) in [5.74, 6) is -3.43. The van der Waals surface area contributed by atoms with Gasteiger partial charge in [0.15, 0.2) is 0 Å². The molecule has 7 nitrogen and oxygen atoms in total. The van der Waals surface area contributed by atoms with E-state index in [-0.39, 0.29) is 11.4 Å². The van der Waals surface area contributed by atoms with Crippen molar-refractivity contribution in [3.05, 3.63) is 27.0 Å². The number of carbonyl (C=O) groups is 2. The van der Waals surface area contributed by atoms with Gasteiger partial charge in [-0.2, -0.15) is 4.39 Å². The lowest BCUT2D eigenvalue weighted by molar-refractivity contribution is -0.387. The number of halogens is 2. The Hall–Kier alpha value is -2.22. The lowest BCUT2D eigenvalue weighted by Crippen LogP contribution is -2.33. The van der Waals surface area contributed by atoms with E-state index in [0.29, 0.717) is 6.07 Å². The van der Waals surface area contributed by atoms with E-state index in [1.54, 1.807) is 0 Å². The third kappa shape index (κ3) is 1.68. The molecular formula is C8H2ClFN3O4. The summed E-state index contributed by atoms with van der Waals surface area (Å²) in [6.45, 7) is 0. The molecule has 0 spiro atoms. The number of fused-ring (bicyclic) bond motifs is 1. The minimum Gasteiger partial charge on any atom is -0.316 e. The fourth-order valence-corrected chi connectivity index (χ4v) is 1.60. The van der Waals surface area contributed by atoms with Crippen LogP contribution in [0.1, 0.15) is 0 Å². The molecule has 2 amide bonds. The first-order valence-electron chi connectivity index (χ1n) is 4.15. The molecule has 0 unspecified atom stereocenters. The highest BCUT2D eigenvalue weighted by molar-refractivity contribution is 6.44. The van der Waals surface area contributed by atoms with Gasteiger partial charge in [0.25, 0.3) is 0 Å². The van der Waals surface area contributed by atoms with Gasteiger partial charge in [0.05, 0.1) is 10.6 Å². The van der Waals surface area contributed by atoms with Gasteiger partial charge in [-0.1, -0.05) is 11.6 Å². The zero-order valence-electron chi connectivity index (χ0n) is 7.86. The molecular weight excluding hydrogens is 257 g/mol. The van der Waals surface area contributed by atoms with Crippen LogP contribution in [0.15, 0.2) is 6.07 Å². The van der Waals surface area contributed by atoms with Crippen LogP contribution in [0.5, 0.6) is 0 Å². The molecule has 0 saturated heterocycles. The highest BCUT2D eigenvalue weighted by Crippen LogP contribution is 2.41. The number of anilines is 1. The minimum atomic E-state index is -1.22. The maximum absolute atomic E-state index is 13.3. The average Bonchev–Trinajstić information content (AvgIpc) is 2.21. The summed E-state index contributed by atoms with van der Waals surface area (Å²) < 4.78 is 13.3. The SMILES string of the molecule is O=C1[N]c2c(cc(F)c([N+](=O)[O-])c2Cl)NC1=O. The smallest absolute Gasteiger partial charge is 0.316 e. The number of rotatable bonds is 1. The Morgan fingerprint density at radius 2 is 2.12 bits per heavy atom. The van der Waals surface area contributed by atoms with Crippen molar-refractivity contribution in [2.75, 3.05) is 5.32 Å². The van der Waals surface area contributed by atoms with Crippen LogP contribution in [0.25, 0.3) is 0 Å². The Balaban J connectivity index is 2.67. The fourth-order valence-electron chi connectivity index (χ4n) is 1.30. The molecule has 1 radical (unpaired) electrons. The second-order valence-corrected chi connectivity index (χ2v) is 3.42. The van der Waals surface area contributed by atoms with Gasteiger partial charge in [-0.05, 0) is 0 Å². The quantitative estimate of drug-likeness (QED) is 0.463. The molecule has 1 N–H and O–H groups in total. The van der Waals surface area contributed by atoms with E-state index < -0.39 is 33.3 Å². The zero-order chi connectivity index (χ0) is 12.7. The summed E-state index contributed by atoms with van der Waals surface area (Å²) in [5.41, 5.74) is -1.48. The number of hydrogen-bond donors (Lipinski definition) is 1. The number of nitro groups is 1. The van der Waals surface area contributed by atoms with Crippen molar-refractivity contribution >= 4 is 40.5 Å². The van der Waals surface area contributed by atoms with Gasteiger partial charge in [-0.15, -0.1) is 0 Å². The summed E-state index contributed by atoms with van der Waals surface area (Å²) in [7, 11) is 0. The van der Waals surface area contributed by atoms with Crippen molar-refractivity contribution in [2.24, 2.45) is 0 Å². The van der Waals surface area contributed by atoms with Crippen molar-refractivity contribution in [1.82, 2.24) is 5.32 Å². The standard InChI is InChI=1S/C8H2ClFN3O4/c9-4-5-3(11-7(14)8(15)12-5)1-2(10)6(4)13(16)17/h1H,(H,11,14). The molecule has 1 aromatic rings. The number of hydrogen-bond acceptors (Lipinski definition) is 4. The van der Waals surface area contributed by atoms with Crippen molar-refractivity contribution in [2.45, 2.75) is 0 Å². The lowest BCUT2D eigenvalue weighted by atomic mass is 10.2. The first-order valence-corrected chi connectivity index (χ1v) is 4.53. The molecule has 0 aromatic heterocycles. The van der Waals surface area contributed by atoms with Gasteiger partial charge in [0.2, 0.25) is 5.82 Å². The molecule has 1 heterocycles. The predicted octanol–water partition coefficient (Wildman–Crippen LogP) is 1.10. The molecule has 1 aliphatic rings. The molecule has 0 bridgehead atoms. The monoisotopic (exact) mass is 258 g/mol. The Morgan fingerprint density at radius 3 is 2.71 bits per heavy atom. The summed E-state index contributed by atoms with van der Waals surface area (Å²) in [5, 5.41) is 15.2. The predicted molar refractivity (Wildman–Crippen MR) is 53.5 cm³/mol. The Morgan fingerprint density at radius 1 is 1.47 bits per heavy atom. The summed E-state index contributed by atoms with van der Waals surface area (Å²) >= 11 is 5.56. The van der Waals surface area contributed by atoms with E-state index in [0.717, 1.165) is 0 Å². The number of benzene rings is 1. The molecule has 9 heteroatoms. The topological polar surface area (TPSA) is 103 Å². The Kier molecular flexibility index (Phi) is 2.43. The van der Waals surface area contributed by atoms with E-state index in [1.165, 1.54) is 0 Å². The van der Waals surface area contributed by atoms with Crippen molar-refractivity contribution in [3.8, 4) is 0 Å². The number of nitro benzene ring substituents is 1. The second kappa shape index (κ2) is 3.67. The number of carbonyl (C=O) groups excluding carboxylic acids is 2. The Labute approximate surface area is 97.7 Å². The first kappa shape index (κ1) is 11.3. The van der Waals surface area contributed by atoms with Gasteiger partial charge in [0, 0.05) is 6.07 Å². The van der Waals surface area contributed by atoms with Crippen LogP contribution in [0, 0.1) is 15.9 Å². The largest absolute Gasteiger partial charge is 0.335 e. The normalized spacial score (nSPS) is 13.8. The van der Waals surface area contributed by atoms with Crippen LogP contribution < -0.4 is 10.6 Å². The summed E-state index contributed by atoms with van der Waals surface area (Å²) in [6, 6.07) is 0.688. The molecule has 0 atom stereocenters. The number of amides is 2. The van der Waals surface area contributed by atoms with E-state index in [4.69, 9.17) is 11.6 Å². The summed E-state index contributed by atoms with van der Waals surface area (Å²) in [6.07, 6.45) is 0. The Bertz CT molecular complexity index is 574. The second-order valence-electron chi connectivity index (χ2n) is 3.05. The van der Waals surface area contributed by atoms with E-state index in [1.807, 2.05) is 5.32 Å². The molecule has 17 heavy (non-hydrogen) atoms. The van der Waals surface area contributed by atoms with E-state index in [2.05, 4.69) is 5.32 Å². The van der Waals surface area contributed by atoms with Crippen molar-refractivity contribution in [3.63, 3.8) is 0 Å². The molecule has 0 fully saturated rings. The third-order valence-electron chi connectivity index (χ3n) is 2.01. The summed E-state index contributed by atoms with van der Waals surface area (Å²) in [4.78, 5) is 31.4. The average molecular weight is 259 g/mol. The minimum absolute atomic E-state index is 0.178. The highest BCUT2D eigenvalue weighted by atomic mass is 35.5. The molecule has 87 valence electrons. The van der Waals surface area contributed by atoms with Gasteiger partial charge < -0.3 is 5.32 Å². The van der Waals surface area contributed by atoms with Gasteiger partial charge in [-0.25, -0.2) is 5.32 Å². The molecule has 0 saturated carbocycles. The zero-order valence-corrected chi connectivity index (χ0v) is 8.62. The van der Waals surface area contributed by atoms with Crippen LogP contribution in [0.2, 0.25) is 5.02 Å². The molecule has 0 aliphatic carbocycles. The third-order valence-corrected chi connectivity index (χ3v) is 2.36. The van der Waals surface area contributed by atoms with Crippen molar-refractivity contribution < 1.29 is 18.9 Å². The molecule has 1 aliphatic heterocycles. The van der Waals surface area contributed by atoms with Crippen LogP contribution in [0.4, 0.5) is 21.5 Å². The fraction of sp³-hybridized carbons (Fsp3) is 0. The van der Waals surface area contributed by atoms with Crippen LogP contribution >= 0.6 is 11.6 Å².